The van der Waals surface area contributed by atoms with Crippen LogP contribution in [0.1, 0.15) is 225 Å². The zero-order valence-corrected chi connectivity index (χ0v) is 54.6. The molecule has 3 nitrogen and oxygen atoms in total. The Bertz CT molecular complexity index is 4140. The van der Waals surface area contributed by atoms with Crippen molar-refractivity contribution < 1.29 is 4.42 Å². The minimum absolute atomic E-state index is 0.0207. The highest BCUT2D eigenvalue weighted by Crippen LogP contribution is 2.64. The third-order valence-corrected chi connectivity index (χ3v) is 22.2. The minimum atomic E-state index is -0.158. The Labute approximate surface area is 509 Å². The molecule has 2 aliphatic carbocycles. The lowest BCUT2D eigenvalue weighted by Crippen LogP contribution is -2.70. The van der Waals surface area contributed by atoms with E-state index in [0.29, 0.717) is 0 Å². The van der Waals surface area contributed by atoms with Crippen LogP contribution in [0.5, 0.6) is 0 Å². The Hall–Kier alpha value is -6.78. The molecule has 85 heavy (non-hydrogen) atoms. The fourth-order valence-electron chi connectivity index (χ4n) is 16.5. The first-order valence-electron chi connectivity index (χ1n) is 32.3. The Morgan fingerprint density at radius 1 is 0.435 bits per heavy atom. The van der Waals surface area contributed by atoms with Crippen molar-refractivity contribution in [1.29, 1.82) is 0 Å². The Kier molecular flexibility index (Phi) is 12.1. The number of nitrogens with zero attached hydrogens (tertiary/aromatic N) is 2. The van der Waals surface area contributed by atoms with Gasteiger partial charge in [-0.1, -0.05) is 234 Å². The molecular weight excluding hydrogens is 1030 g/mol. The zero-order chi connectivity index (χ0) is 60.1. The number of anilines is 4. The summed E-state index contributed by atoms with van der Waals surface area (Å²) >= 11 is 0. The fourth-order valence-corrected chi connectivity index (χ4v) is 16.5. The second kappa shape index (κ2) is 18.4. The van der Waals surface area contributed by atoms with Gasteiger partial charge in [-0.15, -0.1) is 0 Å². The third kappa shape index (κ3) is 8.46. The molecule has 1 fully saturated rings. The second-order valence-corrected chi connectivity index (χ2v) is 32.8. The van der Waals surface area contributed by atoms with Crippen molar-refractivity contribution in [2.45, 2.75) is 213 Å². The third-order valence-electron chi connectivity index (χ3n) is 22.2. The highest BCUT2D eigenvalue weighted by Gasteiger charge is 2.63. The van der Waals surface area contributed by atoms with Gasteiger partial charge in [-0.25, -0.2) is 0 Å². The van der Waals surface area contributed by atoms with E-state index < -0.39 is 0 Å². The number of hydrogen-bond donors (Lipinski definition) is 0. The number of furan rings is 1. The molecule has 3 aliphatic heterocycles. The molecule has 0 bridgehead atoms. The molecule has 2 unspecified atom stereocenters. The highest BCUT2D eigenvalue weighted by molar-refractivity contribution is 6.93. The number of rotatable bonds is 5. The smallest absolute Gasteiger partial charge is 0.328 e. The molecule has 4 heteroatoms. The molecule has 8 aromatic carbocycles. The normalized spacial score (nSPS) is 20.4. The first-order chi connectivity index (χ1) is 39.9. The lowest BCUT2D eigenvalue weighted by molar-refractivity contribution is 0.199. The van der Waals surface area contributed by atoms with E-state index in [-0.39, 0.29) is 56.2 Å². The standard InChI is InChI=1S/C81H91BN2O/c1-74(2,3)53-30-26-50(27-31-53)71(51-28-32-54(33-29-51)75(4,5)6)52-40-60-61-43-56(77(10,11)12)44-64-73(61)84(81(18)37-23-22-36-80(64,81)17)82-65-46-59-58-45-62-63(79(15,16)39-38-78(62,13)14)47-69(58)85-70(59)48-67(65)83(68(41-52)72(60)82)66-35-34-55(76(7,8)9)42-57(66)49-24-20-19-21-25-49/h19-21,24-35,40-48,71H,22-23,36-39H2,1-18H3. The monoisotopic (exact) mass is 1120 g/mol. The molecule has 14 rings (SSSR count). The first kappa shape index (κ1) is 56.1. The summed E-state index contributed by atoms with van der Waals surface area (Å²) in [4.78, 5) is 5.74. The van der Waals surface area contributed by atoms with Crippen molar-refractivity contribution in [3.8, 4) is 22.3 Å². The van der Waals surface area contributed by atoms with E-state index in [2.05, 4.69) is 280 Å². The molecule has 2 atom stereocenters. The molecule has 0 saturated heterocycles. The molecule has 4 heterocycles. The van der Waals surface area contributed by atoms with Gasteiger partial charge in [-0.05, 0) is 179 Å². The summed E-state index contributed by atoms with van der Waals surface area (Å²) in [5, 5.41) is 2.44. The number of hydrogen-bond acceptors (Lipinski definition) is 3. The van der Waals surface area contributed by atoms with Gasteiger partial charge < -0.3 is 14.1 Å². The Morgan fingerprint density at radius 2 is 0.976 bits per heavy atom. The fraction of sp³-hybridized carbons (Fsp3) is 0.407. The van der Waals surface area contributed by atoms with Crippen molar-refractivity contribution in [2.24, 2.45) is 0 Å². The van der Waals surface area contributed by atoms with Gasteiger partial charge in [-0.2, -0.15) is 0 Å². The van der Waals surface area contributed by atoms with E-state index in [1.807, 2.05) is 0 Å². The predicted molar refractivity (Wildman–Crippen MR) is 365 cm³/mol. The Morgan fingerprint density at radius 3 is 1.58 bits per heavy atom. The summed E-state index contributed by atoms with van der Waals surface area (Å²) in [5.74, 6) is -0.0602. The highest BCUT2D eigenvalue weighted by atomic mass is 16.3. The average Bonchev–Trinajstić information content (AvgIpc) is 1.57. The summed E-state index contributed by atoms with van der Waals surface area (Å²) in [6.45, 7) is 43.4. The summed E-state index contributed by atoms with van der Waals surface area (Å²) in [5.41, 5.74) is 28.5. The van der Waals surface area contributed by atoms with E-state index in [0.717, 1.165) is 30.4 Å². The molecule has 1 saturated carbocycles. The van der Waals surface area contributed by atoms with Crippen molar-refractivity contribution in [3.63, 3.8) is 0 Å². The predicted octanol–water partition coefficient (Wildman–Crippen LogP) is 21.0. The van der Waals surface area contributed by atoms with Crippen molar-refractivity contribution in [3.05, 3.63) is 201 Å². The molecule has 434 valence electrons. The molecule has 0 radical (unpaired) electrons. The van der Waals surface area contributed by atoms with E-state index in [1.54, 1.807) is 5.56 Å². The summed E-state index contributed by atoms with van der Waals surface area (Å²) in [7, 11) is 0. The van der Waals surface area contributed by atoms with Crippen LogP contribution in [0, 0.1) is 0 Å². The van der Waals surface area contributed by atoms with Crippen LogP contribution >= 0.6 is 0 Å². The van der Waals surface area contributed by atoms with Crippen molar-refractivity contribution in [1.82, 2.24) is 0 Å². The van der Waals surface area contributed by atoms with E-state index in [4.69, 9.17) is 4.42 Å². The summed E-state index contributed by atoms with van der Waals surface area (Å²) in [6, 6.07) is 58.7. The summed E-state index contributed by atoms with van der Waals surface area (Å²) in [6.07, 6.45) is 7.08. The SMILES string of the molecule is CC(C)(C)c1ccc(C(c2ccc(C(C)(C)C)cc2)c2cc3c4c(c2)N(c2ccc(C(C)(C)C)cc2-c2ccccc2)c2cc5oc6cc7c(cc6c5cc2B4N2c4c-3cc(C(C)(C)C)cc4C3(C)CCCCC23C)C(C)(C)CCC7(C)C)cc1. The van der Waals surface area contributed by atoms with Crippen LogP contribution in [0.3, 0.4) is 0 Å². The first-order valence-corrected chi connectivity index (χ1v) is 32.3. The molecular formula is C81H91BN2O. The van der Waals surface area contributed by atoms with Gasteiger partial charge in [0.2, 0.25) is 0 Å². The molecule has 0 amide bonds. The molecule has 5 aliphatic rings. The largest absolute Gasteiger partial charge is 0.456 e. The van der Waals surface area contributed by atoms with Crippen molar-refractivity contribution >= 4 is 62.5 Å². The van der Waals surface area contributed by atoms with Gasteiger partial charge in [-0.3, -0.25) is 0 Å². The van der Waals surface area contributed by atoms with Crippen LogP contribution < -0.4 is 20.6 Å². The quantitative estimate of drug-likeness (QED) is 0.126. The van der Waals surface area contributed by atoms with Gasteiger partial charge >= 0.3 is 6.85 Å². The van der Waals surface area contributed by atoms with Crippen LogP contribution in [0.25, 0.3) is 44.2 Å². The number of benzene rings is 8. The maximum Gasteiger partial charge on any atom is 0.328 e. The molecule has 0 spiro atoms. The second-order valence-electron chi connectivity index (χ2n) is 32.8. The average molecular weight is 1120 g/mol. The van der Waals surface area contributed by atoms with Crippen LogP contribution in [-0.4, -0.2) is 12.4 Å². The maximum absolute atomic E-state index is 7.39. The lowest BCUT2D eigenvalue weighted by atomic mass is 9.42. The molecule has 9 aromatic rings. The van der Waals surface area contributed by atoms with E-state index in [9.17, 15) is 0 Å². The maximum atomic E-state index is 7.39. The minimum Gasteiger partial charge on any atom is -0.456 e. The zero-order valence-electron chi connectivity index (χ0n) is 54.6. The summed E-state index contributed by atoms with van der Waals surface area (Å²) < 4.78 is 7.39. The topological polar surface area (TPSA) is 19.6 Å². The molecule has 1 aromatic heterocycles. The van der Waals surface area contributed by atoms with Gasteiger partial charge in [0.25, 0.3) is 0 Å². The van der Waals surface area contributed by atoms with Gasteiger partial charge in [0, 0.05) is 61.9 Å². The van der Waals surface area contributed by atoms with Gasteiger partial charge in [0.1, 0.15) is 11.2 Å². The molecule has 0 N–H and O–H groups in total. The number of fused-ring (bicyclic) bond motifs is 11. The lowest BCUT2D eigenvalue weighted by Gasteiger charge is -2.55. The Balaban J connectivity index is 1.15. The van der Waals surface area contributed by atoms with E-state index in [1.165, 1.54) is 136 Å². The van der Waals surface area contributed by atoms with E-state index >= 15 is 0 Å². The van der Waals surface area contributed by atoms with Crippen LogP contribution in [-0.2, 0) is 37.9 Å². The van der Waals surface area contributed by atoms with Crippen LogP contribution in [0.15, 0.2) is 150 Å². The van der Waals surface area contributed by atoms with Gasteiger partial charge in [0.15, 0.2) is 0 Å². The van der Waals surface area contributed by atoms with Crippen LogP contribution in [0.2, 0.25) is 0 Å². The van der Waals surface area contributed by atoms with Gasteiger partial charge in [0.05, 0.1) is 5.69 Å². The van der Waals surface area contributed by atoms with Crippen LogP contribution in [0.4, 0.5) is 22.7 Å². The van der Waals surface area contributed by atoms with Crippen molar-refractivity contribution in [2.75, 3.05) is 9.71 Å².